The number of fused-ring (bicyclic) bond motifs is 1. The summed E-state index contributed by atoms with van der Waals surface area (Å²) in [5.41, 5.74) is 4.03. The van der Waals surface area contributed by atoms with Crippen LogP contribution in [0.25, 0.3) is 11.1 Å². The SMILES string of the molecule is COc1ccc2c(c1)CC(C(=O)Nc1ccc(-c3ccncc3)cc1SCCN(C)C)CO2.O=C(O)C(F)(F)F.O=C(O)C(F)(F)F. The van der Waals surface area contributed by atoms with Crippen LogP contribution in [0.15, 0.2) is 65.8 Å². The number of carboxylic acids is 2. The first-order valence-corrected chi connectivity index (χ1v) is 14.4. The standard InChI is InChI=1S/C26H29N3O3S.2C2HF3O2/c1-29(2)12-13-33-25-16-19(18-8-10-27-11-9-18)4-6-23(25)28-26(30)21-14-20-15-22(31-3)5-7-24(20)32-17-21;2*3-2(4,5)1(6)7/h4-11,15-16,21H,12-14,17H2,1-3H3,(H,28,30);2*(H,6,7). The van der Waals surface area contributed by atoms with E-state index in [4.69, 9.17) is 29.3 Å². The van der Waals surface area contributed by atoms with Gasteiger partial charge in [0.05, 0.1) is 18.7 Å². The summed E-state index contributed by atoms with van der Waals surface area (Å²) in [5.74, 6) is -3.29. The second kappa shape index (κ2) is 17.4. The van der Waals surface area contributed by atoms with Gasteiger partial charge in [0, 0.05) is 29.6 Å². The molecule has 1 aliphatic heterocycles. The van der Waals surface area contributed by atoms with Crippen molar-refractivity contribution in [3.05, 3.63) is 66.5 Å². The molecule has 0 fully saturated rings. The lowest BCUT2D eigenvalue weighted by Gasteiger charge is -2.25. The third kappa shape index (κ3) is 13.0. The Labute approximate surface area is 269 Å². The van der Waals surface area contributed by atoms with E-state index in [1.165, 1.54) is 0 Å². The van der Waals surface area contributed by atoms with Gasteiger partial charge in [0.25, 0.3) is 0 Å². The second-order valence-corrected chi connectivity index (χ2v) is 11.0. The van der Waals surface area contributed by atoms with Gasteiger partial charge in [-0.15, -0.1) is 11.8 Å². The number of alkyl halides is 6. The molecular weight excluding hydrogens is 660 g/mol. The molecule has 0 saturated carbocycles. The van der Waals surface area contributed by atoms with Gasteiger partial charge in [-0.25, -0.2) is 9.59 Å². The highest BCUT2D eigenvalue weighted by atomic mass is 32.2. The molecule has 0 aliphatic carbocycles. The van der Waals surface area contributed by atoms with E-state index in [1.54, 1.807) is 31.3 Å². The average molecular weight is 692 g/mol. The molecule has 0 spiro atoms. The summed E-state index contributed by atoms with van der Waals surface area (Å²) in [5, 5.41) is 17.4. The molecule has 47 heavy (non-hydrogen) atoms. The third-order valence-corrected chi connectivity index (χ3v) is 7.11. The number of pyridine rings is 1. The molecule has 256 valence electrons. The van der Waals surface area contributed by atoms with Crippen molar-refractivity contribution < 1.29 is 60.4 Å². The van der Waals surface area contributed by atoms with Crippen LogP contribution >= 0.6 is 11.8 Å². The molecule has 1 atom stereocenters. The monoisotopic (exact) mass is 691 g/mol. The Morgan fingerprint density at radius 3 is 2.09 bits per heavy atom. The van der Waals surface area contributed by atoms with E-state index in [0.29, 0.717) is 13.0 Å². The minimum atomic E-state index is -5.08. The van der Waals surface area contributed by atoms with Crippen LogP contribution in [-0.2, 0) is 20.8 Å². The highest BCUT2D eigenvalue weighted by Gasteiger charge is 2.39. The molecular formula is C30H31F6N3O7S. The first-order valence-electron chi connectivity index (χ1n) is 13.4. The van der Waals surface area contributed by atoms with Gasteiger partial charge in [0.2, 0.25) is 5.91 Å². The summed E-state index contributed by atoms with van der Waals surface area (Å²) in [7, 11) is 5.76. The highest BCUT2D eigenvalue weighted by Crippen LogP contribution is 2.34. The first kappa shape index (κ1) is 38.7. The van der Waals surface area contributed by atoms with Gasteiger partial charge in [-0.05, 0) is 79.7 Å². The number of benzene rings is 2. The molecule has 1 aromatic heterocycles. The lowest BCUT2D eigenvalue weighted by molar-refractivity contribution is -0.193. The number of nitrogens with one attached hydrogen (secondary N) is 1. The fraction of sp³-hybridized carbons (Fsp3) is 0.333. The number of rotatable bonds is 8. The topological polar surface area (TPSA) is 138 Å². The van der Waals surface area contributed by atoms with Crippen LogP contribution in [0.4, 0.5) is 32.0 Å². The Morgan fingerprint density at radius 2 is 1.55 bits per heavy atom. The Hall–Kier alpha value is -4.51. The number of aromatic nitrogens is 1. The van der Waals surface area contributed by atoms with Crippen molar-refractivity contribution >= 4 is 35.3 Å². The molecule has 2 aromatic carbocycles. The number of carbonyl (C=O) groups excluding carboxylic acids is 1. The summed E-state index contributed by atoms with van der Waals surface area (Å²) in [6.07, 6.45) is -5.96. The number of anilines is 1. The zero-order valence-electron chi connectivity index (χ0n) is 25.2. The van der Waals surface area contributed by atoms with Crippen molar-refractivity contribution in [2.75, 3.05) is 45.4 Å². The second-order valence-electron chi connectivity index (χ2n) is 9.88. The van der Waals surface area contributed by atoms with Gasteiger partial charge in [-0.2, -0.15) is 26.3 Å². The van der Waals surface area contributed by atoms with Gasteiger partial charge in [-0.3, -0.25) is 9.78 Å². The van der Waals surface area contributed by atoms with E-state index in [1.807, 2.05) is 42.5 Å². The number of halogens is 6. The number of hydrogen-bond acceptors (Lipinski definition) is 8. The van der Waals surface area contributed by atoms with Crippen molar-refractivity contribution in [3.8, 4) is 22.6 Å². The Balaban J connectivity index is 0.000000459. The number of amides is 1. The quantitative estimate of drug-likeness (QED) is 0.194. The van der Waals surface area contributed by atoms with E-state index < -0.39 is 24.3 Å². The number of carbonyl (C=O) groups is 3. The first-order chi connectivity index (χ1) is 21.9. The van der Waals surface area contributed by atoms with Crippen molar-refractivity contribution in [2.45, 2.75) is 23.7 Å². The Kier molecular flexibility index (Phi) is 14.3. The number of carboxylic acid groups (broad SMARTS) is 2. The van der Waals surface area contributed by atoms with Crippen LogP contribution in [0, 0.1) is 5.92 Å². The van der Waals surface area contributed by atoms with Crippen molar-refractivity contribution in [1.29, 1.82) is 0 Å². The van der Waals surface area contributed by atoms with Gasteiger partial charge in [0.1, 0.15) is 18.1 Å². The molecule has 0 saturated heterocycles. The Bertz CT molecular complexity index is 1480. The van der Waals surface area contributed by atoms with Crippen molar-refractivity contribution in [2.24, 2.45) is 5.92 Å². The fourth-order valence-electron chi connectivity index (χ4n) is 3.71. The zero-order valence-corrected chi connectivity index (χ0v) is 26.0. The van der Waals surface area contributed by atoms with E-state index in [9.17, 15) is 31.1 Å². The van der Waals surface area contributed by atoms with Crippen molar-refractivity contribution in [1.82, 2.24) is 9.88 Å². The molecule has 1 amide bonds. The van der Waals surface area contributed by atoms with E-state index in [2.05, 4.69) is 35.4 Å². The molecule has 0 bridgehead atoms. The third-order valence-electron chi connectivity index (χ3n) is 6.08. The van der Waals surface area contributed by atoms with Gasteiger partial charge >= 0.3 is 24.3 Å². The smallest absolute Gasteiger partial charge is 0.490 e. The summed E-state index contributed by atoms with van der Waals surface area (Å²) in [6.45, 7) is 1.32. The molecule has 17 heteroatoms. The average Bonchev–Trinajstić information content (AvgIpc) is 3.01. The zero-order chi connectivity index (χ0) is 35.4. The largest absolute Gasteiger partial charge is 0.497 e. The maximum absolute atomic E-state index is 13.2. The lowest BCUT2D eigenvalue weighted by atomic mass is 9.95. The van der Waals surface area contributed by atoms with Crippen LogP contribution in [0.5, 0.6) is 11.5 Å². The summed E-state index contributed by atoms with van der Waals surface area (Å²) < 4.78 is 74.7. The van der Waals surface area contributed by atoms with E-state index in [-0.39, 0.29) is 11.8 Å². The predicted octanol–water partition coefficient (Wildman–Crippen LogP) is 5.87. The van der Waals surface area contributed by atoms with Crippen LogP contribution in [0.3, 0.4) is 0 Å². The van der Waals surface area contributed by atoms with Crippen LogP contribution in [0.2, 0.25) is 0 Å². The number of ether oxygens (including phenoxy) is 2. The van der Waals surface area contributed by atoms with Crippen molar-refractivity contribution in [3.63, 3.8) is 0 Å². The number of nitrogens with zero attached hydrogens (tertiary/aromatic N) is 2. The maximum atomic E-state index is 13.2. The molecule has 3 aromatic rings. The minimum absolute atomic E-state index is 0.0328. The number of aliphatic carboxylic acids is 2. The van der Waals surface area contributed by atoms with Gasteiger partial charge in [0.15, 0.2) is 0 Å². The predicted molar refractivity (Wildman–Crippen MR) is 161 cm³/mol. The molecule has 10 nitrogen and oxygen atoms in total. The normalized spacial score (nSPS) is 13.9. The molecule has 0 radical (unpaired) electrons. The number of thioether (sulfide) groups is 1. The Morgan fingerprint density at radius 1 is 0.957 bits per heavy atom. The molecule has 1 unspecified atom stereocenters. The summed E-state index contributed by atoms with van der Waals surface area (Å²) in [6, 6.07) is 15.9. The molecule has 4 rings (SSSR count). The van der Waals surface area contributed by atoms with Gasteiger partial charge in [-0.1, -0.05) is 6.07 Å². The summed E-state index contributed by atoms with van der Waals surface area (Å²) >= 11 is 1.75. The van der Waals surface area contributed by atoms with E-state index >= 15 is 0 Å². The van der Waals surface area contributed by atoms with Gasteiger partial charge < -0.3 is 29.9 Å². The molecule has 3 N–H and O–H groups in total. The van der Waals surface area contributed by atoms with Crippen LogP contribution in [0.1, 0.15) is 5.56 Å². The van der Waals surface area contributed by atoms with Crippen LogP contribution < -0.4 is 14.8 Å². The number of hydrogen-bond donors (Lipinski definition) is 3. The molecule has 2 heterocycles. The molecule has 1 aliphatic rings. The maximum Gasteiger partial charge on any atom is 0.490 e. The lowest BCUT2D eigenvalue weighted by Crippen LogP contribution is -2.32. The minimum Gasteiger partial charge on any atom is -0.497 e. The van der Waals surface area contributed by atoms with E-state index in [0.717, 1.165) is 51.1 Å². The number of methoxy groups -OCH3 is 1. The fourth-order valence-corrected chi connectivity index (χ4v) is 4.87. The highest BCUT2D eigenvalue weighted by molar-refractivity contribution is 7.99. The summed E-state index contributed by atoms with van der Waals surface area (Å²) in [4.78, 5) is 38.3. The van der Waals surface area contributed by atoms with Crippen LogP contribution in [-0.4, -0.2) is 90.4 Å².